The number of hydrogen-bond donors (Lipinski definition) is 0. The fourth-order valence-corrected chi connectivity index (χ4v) is 10.9. The van der Waals surface area contributed by atoms with Gasteiger partial charge in [0, 0.05) is 51.5 Å². The molecular formula is C50H30S2. The molecule has 242 valence electrons. The Bertz CT molecular complexity index is 3010. The predicted octanol–water partition coefficient (Wildman–Crippen LogP) is 15.4. The van der Waals surface area contributed by atoms with Gasteiger partial charge in [-0.2, -0.15) is 0 Å². The summed E-state index contributed by atoms with van der Waals surface area (Å²) in [4.78, 5) is 0. The van der Waals surface area contributed by atoms with Crippen molar-refractivity contribution in [1.82, 2.24) is 0 Å². The molecule has 2 aromatic heterocycles. The number of fused-ring (bicyclic) bond motifs is 8. The lowest BCUT2D eigenvalue weighted by molar-refractivity contribution is 1.61. The third-order valence-electron chi connectivity index (χ3n) is 10.7. The quantitative estimate of drug-likeness (QED) is 0.161. The molecule has 0 bridgehead atoms. The molecule has 0 N–H and O–H groups in total. The van der Waals surface area contributed by atoms with Crippen molar-refractivity contribution in [1.29, 1.82) is 0 Å². The van der Waals surface area contributed by atoms with Crippen LogP contribution in [0.5, 0.6) is 0 Å². The van der Waals surface area contributed by atoms with Crippen molar-refractivity contribution in [2.24, 2.45) is 0 Å². The van der Waals surface area contributed by atoms with Gasteiger partial charge in [0.05, 0.1) is 0 Å². The number of hydrogen-bond acceptors (Lipinski definition) is 2. The molecule has 0 spiro atoms. The molecule has 9 aromatic carbocycles. The zero-order valence-electron chi connectivity index (χ0n) is 28.1. The van der Waals surface area contributed by atoms with E-state index in [0.717, 1.165) is 0 Å². The van der Waals surface area contributed by atoms with E-state index in [0.29, 0.717) is 0 Å². The second-order valence-corrected chi connectivity index (χ2v) is 15.6. The monoisotopic (exact) mass is 694 g/mol. The zero-order valence-corrected chi connectivity index (χ0v) is 29.8. The Morgan fingerprint density at radius 3 is 1.21 bits per heavy atom. The van der Waals surface area contributed by atoms with E-state index >= 15 is 0 Å². The van der Waals surface area contributed by atoms with E-state index in [1.807, 2.05) is 22.7 Å². The lowest BCUT2D eigenvalue weighted by Crippen LogP contribution is -1.92. The van der Waals surface area contributed by atoms with E-state index in [1.165, 1.54) is 106 Å². The van der Waals surface area contributed by atoms with Crippen LogP contribution in [0.4, 0.5) is 0 Å². The maximum absolute atomic E-state index is 2.49. The first kappa shape index (κ1) is 29.6. The van der Waals surface area contributed by atoms with E-state index in [-0.39, 0.29) is 0 Å². The number of benzene rings is 9. The lowest BCUT2D eigenvalue weighted by atomic mass is 9.84. The maximum atomic E-state index is 2.49. The molecule has 2 heterocycles. The fourth-order valence-electron chi connectivity index (χ4n) is 8.42. The van der Waals surface area contributed by atoms with Gasteiger partial charge in [-0.05, 0) is 73.1 Å². The van der Waals surface area contributed by atoms with E-state index < -0.39 is 0 Å². The van der Waals surface area contributed by atoms with Crippen LogP contribution in [0.3, 0.4) is 0 Å². The summed E-state index contributed by atoms with van der Waals surface area (Å²) in [6.45, 7) is 0. The van der Waals surface area contributed by atoms with Crippen molar-refractivity contribution in [2.45, 2.75) is 0 Å². The molecule has 11 aromatic rings. The summed E-state index contributed by atoms with van der Waals surface area (Å²) in [5.41, 5.74) is 10.1. The molecule has 0 saturated carbocycles. The second-order valence-electron chi connectivity index (χ2n) is 13.5. The Labute approximate surface area is 309 Å². The first-order valence-corrected chi connectivity index (χ1v) is 19.4. The van der Waals surface area contributed by atoms with Gasteiger partial charge < -0.3 is 0 Å². The van der Waals surface area contributed by atoms with Crippen LogP contribution >= 0.6 is 22.7 Å². The number of thiophene rings is 2. The van der Waals surface area contributed by atoms with Crippen molar-refractivity contribution in [2.75, 3.05) is 0 Å². The average molecular weight is 695 g/mol. The molecule has 11 rings (SSSR count). The average Bonchev–Trinajstić information content (AvgIpc) is 3.79. The van der Waals surface area contributed by atoms with Gasteiger partial charge in [0.1, 0.15) is 0 Å². The van der Waals surface area contributed by atoms with Crippen LogP contribution in [0.1, 0.15) is 0 Å². The fraction of sp³-hybridized carbons (Fsp3) is 0. The minimum Gasteiger partial charge on any atom is -0.135 e. The third-order valence-corrected chi connectivity index (χ3v) is 13.1. The van der Waals surface area contributed by atoms with E-state index in [4.69, 9.17) is 0 Å². The summed E-state index contributed by atoms with van der Waals surface area (Å²) < 4.78 is 5.33. The molecule has 2 heteroatoms. The highest BCUT2D eigenvalue weighted by molar-refractivity contribution is 7.26. The van der Waals surface area contributed by atoms with Crippen molar-refractivity contribution in [3.05, 3.63) is 182 Å². The molecule has 0 amide bonds. The normalized spacial score (nSPS) is 11.8. The Hall–Kier alpha value is -6.06. The van der Waals surface area contributed by atoms with E-state index in [9.17, 15) is 0 Å². The van der Waals surface area contributed by atoms with Crippen LogP contribution < -0.4 is 0 Å². The van der Waals surface area contributed by atoms with Crippen LogP contribution in [0.15, 0.2) is 182 Å². The van der Waals surface area contributed by atoms with Gasteiger partial charge in [0.2, 0.25) is 0 Å². The Balaban J connectivity index is 1.29. The molecule has 0 aliphatic heterocycles. The molecule has 0 aliphatic rings. The third kappa shape index (κ3) is 4.45. The van der Waals surface area contributed by atoms with Gasteiger partial charge in [0.25, 0.3) is 0 Å². The molecule has 0 atom stereocenters. The van der Waals surface area contributed by atoms with Gasteiger partial charge in [0.15, 0.2) is 0 Å². The summed E-state index contributed by atoms with van der Waals surface area (Å²) in [5, 5.41) is 10.4. The van der Waals surface area contributed by atoms with E-state index in [1.54, 1.807) is 0 Å². The van der Waals surface area contributed by atoms with Gasteiger partial charge in [-0.1, -0.05) is 164 Å². The first-order chi connectivity index (χ1) is 25.8. The largest absolute Gasteiger partial charge is 0.135 e. The summed E-state index contributed by atoms with van der Waals surface area (Å²) in [6, 6.07) is 67.4. The highest BCUT2D eigenvalue weighted by Gasteiger charge is 2.21. The van der Waals surface area contributed by atoms with Crippen molar-refractivity contribution >= 4 is 84.6 Å². The highest BCUT2D eigenvalue weighted by atomic mass is 32.1. The Morgan fingerprint density at radius 1 is 0.250 bits per heavy atom. The summed E-state index contributed by atoms with van der Waals surface area (Å²) >= 11 is 3.80. The molecule has 0 radical (unpaired) electrons. The smallest absolute Gasteiger partial charge is 0.0434 e. The predicted molar refractivity (Wildman–Crippen MR) is 229 cm³/mol. The Kier molecular flexibility index (Phi) is 6.70. The molecule has 0 aliphatic carbocycles. The van der Waals surface area contributed by atoms with Crippen LogP contribution in [0, 0.1) is 0 Å². The molecule has 0 nitrogen and oxygen atoms in total. The molecule has 52 heavy (non-hydrogen) atoms. The molecule has 0 unspecified atom stereocenters. The zero-order chi connectivity index (χ0) is 34.2. The summed E-state index contributed by atoms with van der Waals surface area (Å²) in [5.74, 6) is 0. The van der Waals surface area contributed by atoms with Crippen LogP contribution in [0.2, 0.25) is 0 Å². The Morgan fingerprint density at radius 2 is 0.654 bits per heavy atom. The van der Waals surface area contributed by atoms with Crippen LogP contribution in [-0.2, 0) is 0 Å². The van der Waals surface area contributed by atoms with Crippen molar-refractivity contribution < 1.29 is 0 Å². The van der Waals surface area contributed by atoms with Crippen LogP contribution in [0.25, 0.3) is 106 Å². The van der Waals surface area contributed by atoms with Gasteiger partial charge in [-0.3, -0.25) is 0 Å². The van der Waals surface area contributed by atoms with Gasteiger partial charge in [-0.25, -0.2) is 0 Å². The lowest BCUT2D eigenvalue weighted by Gasteiger charge is -2.19. The first-order valence-electron chi connectivity index (χ1n) is 17.8. The second kappa shape index (κ2) is 11.7. The minimum atomic E-state index is 1.22. The summed E-state index contributed by atoms with van der Waals surface area (Å²) in [7, 11) is 0. The maximum Gasteiger partial charge on any atom is 0.0434 e. The van der Waals surface area contributed by atoms with Crippen molar-refractivity contribution in [3.63, 3.8) is 0 Å². The standard InChI is InChI=1S/C50H30S2/c1-2-14-31(15-3-1)32-16-4-5-19-37(32)48-38-22-10-20-33(40-24-12-26-42-35-17-6-8-28-46(35)51-49(40)42)44(38)30-45-34(21-11-23-39(45)48)41-25-13-27-43-36-18-7-9-29-47(36)52-50(41)43/h1-30H. The molecular weight excluding hydrogens is 665 g/mol. The van der Waals surface area contributed by atoms with Crippen LogP contribution in [-0.4, -0.2) is 0 Å². The van der Waals surface area contributed by atoms with Gasteiger partial charge >= 0.3 is 0 Å². The number of rotatable bonds is 4. The van der Waals surface area contributed by atoms with E-state index in [2.05, 4.69) is 182 Å². The topological polar surface area (TPSA) is 0 Å². The molecule has 0 fully saturated rings. The minimum absolute atomic E-state index is 1.22. The van der Waals surface area contributed by atoms with Gasteiger partial charge in [-0.15, -0.1) is 22.7 Å². The SMILES string of the molecule is c1ccc(-c2ccccc2-c2c3cccc(-c4cccc5c4sc4ccccc45)c3cc3c(-c4cccc5c4sc4ccccc45)cccc23)cc1. The van der Waals surface area contributed by atoms with Crippen molar-refractivity contribution in [3.8, 4) is 44.5 Å². The summed E-state index contributed by atoms with van der Waals surface area (Å²) in [6.07, 6.45) is 0. The highest BCUT2D eigenvalue weighted by Crippen LogP contribution is 2.49. The molecule has 0 saturated heterocycles.